The SMILES string of the molecule is CC1(C)c2ccc(-c3ccc(-c4c5ccccc5c(-c5ccc(-c6ccccc6)cc5)c5ccccc45)cc3)cc2-c2cc3ccccc3cc21. The summed E-state index contributed by atoms with van der Waals surface area (Å²) in [5.41, 5.74) is 15.5. The van der Waals surface area contributed by atoms with Crippen molar-refractivity contribution in [3.8, 4) is 55.6 Å². The third kappa shape index (κ3) is 4.68. The monoisotopic (exact) mass is 648 g/mol. The number of fused-ring (bicyclic) bond motifs is 6. The standard InChI is InChI=1S/C51H36/c1-51(2)47-29-28-40(31-45(47)46-30-38-14-6-7-15-39(38)32-48(46)51)35-22-26-37(27-23-35)50-43-18-10-8-16-41(43)49(42-17-9-11-19-44(42)50)36-24-20-34(21-25-36)33-12-4-3-5-13-33/h3-32H,1-2H3. The first kappa shape index (κ1) is 29.7. The molecule has 9 aromatic rings. The average molecular weight is 649 g/mol. The van der Waals surface area contributed by atoms with E-state index in [0.29, 0.717) is 0 Å². The van der Waals surface area contributed by atoms with E-state index in [2.05, 4.69) is 196 Å². The van der Waals surface area contributed by atoms with Crippen molar-refractivity contribution in [3.05, 3.63) is 193 Å². The zero-order valence-corrected chi connectivity index (χ0v) is 28.8. The zero-order chi connectivity index (χ0) is 34.1. The lowest BCUT2D eigenvalue weighted by Crippen LogP contribution is -2.14. The second-order valence-corrected chi connectivity index (χ2v) is 14.5. The molecule has 0 amide bonds. The van der Waals surface area contributed by atoms with Crippen molar-refractivity contribution in [2.45, 2.75) is 19.3 Å². The lowest BCUT2D eigenvalue weighted by atomic mass is 9.81. The van der Waals surface area contributed by atoms with Crippen LogP contribution in [-0.4, -0.2) is 0 Å². The van der Waals surface area contributed by atoms with Crippen LogP contribution in [0.3, 0.4) is 0 Å². The van der Waals surface area contributed by atoms with E-state index in [1.54, 1.807) is 0 Å². The Hall–Kier alpha value is -6.24. The molecule has 0 unspecified atom stereocenters. The van der Waals surface area contributed by atoms with Crippen LogP contribution in [0, 0.1) is 0 Å². The van der Waals surface area contributed by atoms with Crippen LogP contribution in [-0.2, 0) is 5.41 Å². The van der Waals surface area contributed by atoms with Crippen molar-refractivity contribution < 1.29 is 0 Å². The molecule has 9 aromatic carbocycles. The van der Waals surface area contributed by atoms with E-state index in [1.165, 1.54) is 99.1 Å². The smallest absolute Gasteiger partial charge is 0.0159 e. The molecule has 0 radical (unpaired) electrons. The van der Waals surface area contributed by atoms with Crippen molar-refractivity contribution in [1.29, 1.82) is 0 Å². The fraction of sp³-hybridized carbons (Fsp3) is 0.0588. The molecule has 0 heteroatoms. The molecular formula is C51H36. The van der Waals surface area contributed by atoms with Gasteiger partial charge in [0.05, 0.1) is 0 Å². The van der Waals surface area contributed by atoms with Crippen LogP contribution in [0.1, 0.15) is 25.0 Å². The Labute approximate surface area is 299 Å². The van der Waals surface area contributed by atoms with Gasteiger partial charge in [0.2, 0.25) is 0 Å². The number of rotatable bonds is 4. The van der Waals surface area contributed by atoms with Gasteiger partial charge in [0.15, 0.2) is 0 Å². The minimum Gasteiger partial charge on any atom is -0.0622 e. The summed E-state index contributed by atoms with van der Waals surface area (Å²) in [6.45, 7) is 4.72. The first-order valence-electron chi connectivity index (χ1n) is 17.9. The Morgan fingerprint density at radius 1 is 0.294 bits per heavy atom. The van der Waals surface area contributed by atoms with Crippen molar-refractivity contribution in [2.75, 3.05) is 0 Å². The summed E-state index contributed by atoms with van der Waals surface area (Å²) in [5, 5.41) is 7.70. The molecule has 0 saturated carbocycles. The van der Waals surface area contributed by atoms with E-state index in [1.807, 2.05) is 0 Å². The molecule has 0 atom stereocenters. The van der Waals surface area contributed by atoms with E-state index in [9.17, 15) is 0 Å². The van der Waals surface area contributed by atoms with Gasteiger partial charge in [-0.3, -0.25) is 0 Å². The van der Waals surface area contributed by atoms with Gasteiger partial charge in [-0.05, 0) is 117 Å². The van der Waals surface area contributed by atoms with Crippen LogP contribution in [0.4, 0.5) is 0 Å². The molecular weight excluding hydrogens is 613 g/mol. The van der Waals surface area contributed by atoms with Crippen LogP contribution < -0.4 is 0 Å². The minimum absolute atomic E-state index is 0.0324. The zero-order valence-electron chi connectivity index (χ0n) is 28.8. The fourth-order valence-corrected chi connectivity index (χ4v) is 8.66. The van der Waals surface area contributed by atoms with E-state index in [0.717, 1.165) is 0 Å². The summed E-state index contributed by atoms with van der Waals surface area (Å²) in [4.78, 5) is 0. The second-order valence-electron chi connectivity index (χ2n) is 14.5. The van der Waals surface area contributed by atoms with Gasteiger partial charge in [-0.15, -0.1) is 0 Å². The Kier molecular flexibility index (Phi) is 6.63. The fourth-order valence-electron chi connectivity index (χ4n) is 8.66. The summed E-state index contributed by atoms with van der Waals surface area (Å²) >= 11 is 0. The molecule has 0 spiro atoms. The molecule has 0 aliphatic heterocycles. The van der Waals surface area contributed by atoms with Crippen LogP contribution in [0.15, 0.2) is 182 Å². The Bertz CT molecular complexity index is 2730. The first-order valence-corrected chi connectivity index (χ1v) is 17.9. The highest BCUT2D eigenvalue weighted by atomic mass is 14.4. The maximum absolute atomic E-state index is 2.41. The van der Waals surface area contributed by atoms with Crippen molar-refractivity contribution >= 4 is 32.3 Å². The predicted molar refractivity (Wildman–Crippen MR) is 218 cm³/mol. The van der Waals surface area contributed by atoms with Gasteiger partial charge >= 0.3 is 0 Å². The highest BCUT2D eigenvalue weighted by molar-refractivity contribution is 6.21. The number of hydrogen-bond donors (Lipinski definition) is 0. The van der Waals surface area contributed by atoms with Crippen LogP contribution in [0.25, 0.3) is 88.0 Å². The van der Waals surface area contributed by atoms with Gasteiger partial charge in [-0.25, -0.2) is 0 Å². The molecule has 240 valence electrons. The third-order valence-electron chi connectivity index (χ3n) is 11.3. The van der Waals surface area contributed by atoms with Gasteiger partial charge in [0.1, 0.15) is 0 Å². The van der Waals surface area contributed by atoms with Crippen molar-refractivity contribution in [2.24, 2.45) is 0 Å². The quantitative estimate of drug-likeness (QED) is 0.167. The summed E-state index contributed by atoms with van der Waals surface area (Å²) in [5.74, 6) is 0. The first-order chi connectivity index (χ1) is 25.0. The molecule has 0 N–H and O–H groups in total. The average Bonchev–Trinajstić information content (AvgIpc) is 3.41. The van der Waals surface area contributed by atoms with E-state index >= 15 is 0 Å². The van der Waals surface area contributed by atoms with Crippen LogP contribution >= 0.6 is 0 Å². The predicted octanol–water partition coefficient (Wildman–Crippen LogP) is 14.1. The molecule has 0 saturated heterocycles. The molecule has 0 aromatic heterocycles. The Morgan fingerprint density at radius 2 is 0.686 bits per heavy atom. The maximum Gasteiger partial charge on any atom is 0.0159 e. The Balaban J connectivity index is 1.08. The Morgan fingerprint density at radius 3 is 1.24 bits per heavy atom. The lowest BCUT2D eigenvalue weighted by Gasteiger charge is -2.22. The number of hydrogen-bond acceptors (Lipinski definition) is 0. The molecule has 1 aliphatic carbocycles. The molecule has 10 rings (SSSR count). The van der Waals surface area contributed by atoms with Gasteiger partial charge < -0.3 is 0 Å². The highest BCUT2D eigenvalue weighted by Crippen LogP contribution is 2.51. The van der Waals surface area contributed by atoms with E-state index < -0.39 is 0 Å². The maximum atomic E-state index is 2.41. The normalized spacial score (nSPS) is 13.1. The van der Waals surface area contributed by atoms with Crippen LogP contribution in [0.5, 0.6) is 0 Å². The molecule has 0 nitrogen and oxygen atoms in total. The third-order valence-corrected chi connectivity index (χ3v) is 11.3. The van der Waals surface area contributed by atoms with Gasteiger partial charge in [0.25, 0.3) is 0 Å². The van der Waals surface area contributed by atoms with Crippen molar-refractivity contribution in [1.82, 2.24) is 0 Å². The molecule has 0 bridgehead atoms. The molecule has 0 fully saturated rings. The summed E-state index contributed by atoms with van der Waals surface area (Å²) in [6, 6.07) is 67.3. The molecule has 1 aliphatic rings. The lowest BCUT2D eigenvalue weighted by molar-refractivity contribution is 0.661. The minimum atomic E-state index is -0.0324. The van der Waals surface area contributed by atoms with Crippen LogP contribution in [0.2, 0.25) is 0 Å². The van der Waals surface area contributed by atoms with Gasteiger partial charge in [0, 0.05) is 5.41 Å². The summed E-state index contributed by atoms with van der Waals surface area (Å²) < 4.78 is 0. The highest BCUT2D eigenvalue weighted by Gasteiger charge is 2.35. The summed E-state index contributed by atoms with van der Waals surface area (Å²) in [6.07, 6.45) is 0. The van der Waals surface area contributed by atoms with E-state index in [4.69, 9.17) is 0 Å². The van der Waals surface area contributed by atoms with Gasteiger partial charge in [-0.1, -0.05) is 178 Å². The topological polar surface area (TPSA) is 0 Å². The van der Waals surface area contributed by atoms with Gasteiger partial charge in [-0.2, -0.15) is 0 Å². The second kappa shape index (κ2) is 11.4. The van der Waals surface area contributed by atoms with Crippen molar-refractivity contribution in [3.63, 3.8) is 0 Å². The largest absolute Gasteiger partial charge is 0.0622 e. The van der Waals surface area contributed by atoms with E-state index in [-0.39, 0.29) is 5.41 Å². The molecule has 51 heavy (non-hydrogen) atoms. The summed E-state index contributed by atoms with van der Waals surface area (Å²) in [7, 11) is 0. The number of benzene rings is 9. The molecule has 0 heterocycles.